The molecule has 2 aromatic rings. The third-order valence-electron chi connectivity index (χ3n) is 1.55. The number of hydrogen-bond donors (Lipinski definition) is 1. The Hall–Kier alpha value is -0.620. The predicted molar refractivity (Wildman–Crippen MR) is 52.6 cm³/mol. The van der Waals surface area contributed by atoms with E-state index in [4.69, 9.17) is 9.52 Å². The van der Waals surface area contributed by atoms with Crippen LogP contribution in [0.3, 0.4) is 0 Å². The number of hydrogen-bond acceptors (Lipinski definition) is 3. The van der Waals surface area contributed by atoms with Crippen LogP contribution in [-0.2, 0) is 6.61 Å². The van der Waals surface area contributed by atoms with Crippen LogP contribution in [0.15, 0.2) is 22.6 Å². The molecule has 1 heterocycles. The highest BCUT2D eigenvalue weighted by Gasteiger charge is 2.06. The van der Waals surface area contributed by atoms with Crippen LogP contribution >= 0.6 is 22.6 Å². The molecule has 0 aliphatic rings. The standard InChI is InChI=1S/C8H6INO2/c9-5-2-1-3-6-8(5)12-7(4-11)10-6/h1-3,11H,4H2. The van der Waals surface area contributed by atoms with Gasteiger partial charge in [0.2, 0.25) is 5.89 Å². The molecule has 12 heavy (non-hydrogen) atoms. The molecular formula is C8H6INO2. The lowest BCUT2D eigenvalue weighted by Crippen LogP contribution is -1.78. The first-order valence-corrected chi connectivity index (χ1v) is 4.54. The van der Waals surface area contributed by atoms with Crippen molar-refractivity contribution >= 4 is 33.7 Å². The number of aliphatic hydroxyl groups is 1. The lowest BCUT2D eigenvalue weighted by molar-refractivity contribution is 0.244. The number of aliphatic hydroxyl groups excluding tert-OH is 1. The van der Waals surface area contributed by atoms with E-state index in [-0.39, 0.29) is 6.61 Å². The normalized spacial score (nSPS) is 10.8. The summed E-state index contributed by atoms with van der Waals surface area (Å²) in [6, 6.07) is 5.71. The van der Waals surface area contributed by atoms with E-state index in [1.165, 1.54) is 0 Å². The maximum absolute atomic E-state index is 8.77. The Labute approximate surface area is 82.5 Å². The van der Waals surface area contributed by atoms with Gasteiger partial charge in [-0.2, -0.15) is 0 Å². The summed E-state index contributed by atoms with van der Waals surface area (Å²) in [4.78, 5) is 4.07. The Bertz CT molecular complexity index is 410. The monoisotopic (exact) mass is 275 g/mol. The Morgan fingerprint density at radius 3 is 3.00 bits per heavy atom. The molecule has 0 bridgehead atoms. The highest BCUT2D eigenvalue weighted by molar-refractivity contribution is 14.1. The van der Waals surface area contributed by atoms with E-state index in [2.05, 4.69) is 27.6 Å². The fraction of sp³-hybridized carbons (Fsp3) is 0.125. The zero-order valence-corrected chi connectivity index (χ0v) is 8.28. The van der Waals surface area contributed by atoms with Gasteiger partial charge in [-0.15, -0.1) is 0 Å². The third-order valence-corrected chi connectivity index (χ3v) is 2.40. The van der Waals surface area contributed by atoms with Crippen molar-refractivity contribution in [3.8, 4) is 0 Å². The number of para-hydroxylation sites is 1. The maximum atomic E-state index is 8.77. The van der Waals surface area contributed by atoms with Crippen molar-refractivity contribution in [2.45, 2.75) is 6.61 Å². The fourth-order valence-electron chi connectivity index (χ4n) is 1.03. The number of halogens is 1. The fourth-order valence-corrected chi connectivity index (χ4v) is 1.62. The zero-order chi connectivity index (χ0) is 8.55. The first-order chi connectivity index (χ1) is 5.81. The smallest absolute Gasteiger partial charge is 0.221 e. The lowest BCUT2D eigenvalue weighted by atomic mass is 10.3. The second-order valence-corrected chi connectivity index (χ2v) is 3.52. The molecule has 0 unspecified atom stereocenters. The molecule has 4 heteroatoms. The van der Waals surface area contributed by atoms with Crippen LogP contribution in [-0.4, -0.2) is 10.1 Å². The molecule has 0 atom stereocenters. The Morgan fingerprint density at radius 1 is 1.50 bits per heavy atom. The number of aromatic nitrogens is 1. The summed E-state index contributed by atoms with van der Waals surface area (Å²) >= 11 is 2.17. The average molecular weight is 275 g/mol. The molecule has 0 fully saturated rings. The Balaban J connectivity index is 2.74. The van der Waals surface area contributed by atoms with Crippen molar-refractivity contribution in [3.63, 3.8) is 0 Å². The Morgan fingerprint density at radius 2 is 2.33 bits per heavy atom. The van der Waals surface area contributed by atoms with Gasteiger partial charge in [0.25, 0.3) is 0 Å². The summed E-state index contributed by atoms with van der Waals surface area (Å²) < 4.78 is 6.29. The summed E-state index contributed by atoms with van der Waals surface area (Å²) in [5.41, 5.74) is 1.55. The van der Waals surface area contributed by atoms with Gasteiger partial charge in [-0.1, -0.05) is 6.07 Å². The summed E-state index contributed by atoms with van der Waals surface area (Å²) in [6.07, 6.45) is 0. The van der Waals surface area contributed by atoms with E-state index in [9.17, 15) is 0 Å². The van der Waals surface area contributed by atoms with E-state index >= 15 is 0 Å². The van der Waals surface area contributed by atoms with Gasteiger partial charge in [0.05, 0.1) is 3.57 Å². The molecule has 0 radical (unpaired) electrons. The number of rotatable bonds is 1. The predicted octanol–water partition coefficient (Wildman–Crippen LogP) is 1.92. The molecule has 3 nitrogen and oxygen atoms in total. The van der Waals surface area contributed by atoms with Crippen LogP contribution in [0.25, 0.3) is 11.1 Å². The molecular weight excluding hydrogens is 269 g/mol. The molecule has 0 spiro atoms. The van der Waals surface area contributed by atoms with Crippen molar-refractivity contribution in [1.82, 2.24) is 4.98 Å². The SMILES string of the molecule is OCc1nc2cccc(I)c2o1. The van der Waals surface area contributed by atoms with Gasteiger partial charge >= 0.3 is 0 Å². The van der Waals surface area contributed by atoms with Gasteiger partial charge in [-0.25, -0.2) is 4.98 Å². The van der Waals surface area contributed by atoms with Gasteiger partial charge in [0.15, 0.2) is 5.58 Å². The first kappa shape index (κ1) is 8.00. The summed E-state index contributed by atoms with van der Waals surface area (Å²) in [6.45, 7) is -0.148. The first-order valence-electron chi connectivity index (χ1n) is 3.46. The second kappa shape index (κ2) is 3.02. The highest BCUT2D eigenvalue weighted by atomic mass is 127. The van der Waals surface area contributed by atoms with Crippen molar-refractivity contribution in [2.24, 2.45) is 0 Å². The van der Waals surface area contributed by atoms with Gasteiger partial charge in [-0.05, 0) is 34.7 Å². The van der Waals surface area contributed by atoms with E-state index < -0.39 is 0 Å². The molecule has 1 aromatic carbocycles. The summed E-state index contributed by atoms with van der Waals surface area (Å²) in [5, 5.41) is 8.77. The van der Waals surface area contributed by atoms with Crippen LogP contribution in [0.4, 0.5) is 0 Å². The number of oxazole rings is 1. The lowest BCUT2D eigenvalue weighted by Gasteiger charge is -1.87. The number of nitrogens with zero attached hydrogens (tertiary/aromatic N) is 1. The van der Waals surface area contributed by atoms with Gasteiger partial charge < -0.3 is 9.52 Å². The number of benzene rings is 1. The summed E-state index contributed by atoms with van der Waals surface area (Å²) in [5.74, 6) is 0.370. The van der Waals surface area contributed by atoms with Crippen molar-refractivity contribution in [1.29, 1.82) is 0 Å². The minimum Gasteiger partial charge on any atom is -0.437 e. The molecule has 1 N–H and O–H groups in total. The molecule has 0 aliphatic heterocycles. The van der Waals surface area contributed by atoms with E-state index in [0.29, 0.717) is 5.89 Å². The quantitative estimate of drug-likeness (QED) is 0.809. The van der Waals surface area contributed by atoms with Crippen LogP contribution in [0.1, 0.15) is 5.89 Å². The minimum absolute atomic E-state index is 0.148. The van der Waals surface area contributed by atoms with Crippen molar-refractivity contribution < 1.29 is 9.52 Å². The van der Waals surface area contributed by atoms with Crippen LogP contribution in [0, 0.1) is 3.57 Å². The largest absolute Gasteiger partial charge is 0.437 e. The maximum Gasteiger partial charge on any atom is 0.221 e. The van der Waals surface area contributed by atoms with Crippen LogP contribution in [0.2, 0.25) is 0 Å². The molecule has 0 saturated heterocycles. The zero-order valence-electron chi connectivity index (χ0n) is 6.12. The topological polar surface area (TPSA) is 46.3 Å². The van der Waals surface area contributed by atoms with Gasteiger partial charge in [0, 0.05) is 0 Å². The molecule has 0 aliphatic carbocycles. The third kappa shape index (κ3) is 1.21. The summed E-state index contributed by atoms with van der Waals surface area (Å²) in [7, 11) is 0. The van der Waals surface area contributed by atoms with Crippen LogP contribution in [0.5, 0.6) is 0 Å². The van der Waals surface area contributed by atoms with Crippen LogP contribution < -0.4 is 0 Å². The van der Waals surface area contributed by atoms with Crippen molar-refractivity contribution in [2.75, 3.05) is 0 Å². The molecule has 0 saturated carbocycles. The highest BCUT2D eigenvalue weighted by Crippen LogP contribution is 2.21. The van der Waals surface area contributed by atoms with E-state index in [0.717, 1.165) is 14.7 Å². The van der Waals surface area contributed by atoms with Gasteiger partial charge in [0.1, 0.15) is 12.1 Å². The van der Waals surface area contributed by atoms with Gasteiger partial charge in [-0.3, -0.25) is 0 Å². The molecule has 62 valence electrons. The average Bonchev–Trinajstić information content (AvgIpc) is 2.49. The second-order valence-electron chi connectivity index (χ2n) is 2.35. The Kier molecular flexibility index (Phi) is 2.02. The van der Waals surface area contributed by atoms with Crippen molar-refractivity contribution in [3.05, 3.63) is 27.7 Å². The van der Waals surface area contributed by atoms with E-state index in [1.807, 2.05) is 18.2 Å². The number of fused-ring (bicyclic) bond motifs is 1. The molecule has 0 amide bonds. The minimum atomic E-state index is -0.148. The van der Waals surface area contributed by atoms with E-state index in [1.54, 1.807) is 0 Å². The molecule has 1 aromatic heterocycles. The molecule has 2 rings (SSSR count).